The van der Waals surface area contributed by atoms with E-state index in [1.54, 1.807) is 6.26 Å². The highest BCUT2D eigenvalue weighted by Gasteiger charge is 2.50. The van der Waals surface area contributed by atoms with Gasteiger partial charge in [-0.1, -0.05) is 13.3 Å². The fourth-order valence-corrected chi connectivity index (χ4v) is 4.16. The number of hydrogen-bond donors (Lipinski definition) is 1. The van der Waals surface area contributed by atoms with E-state index in [4.69, 9.17) is 4.42 Å². The van der Waals surface area contributed by atoms with E-state index in [0.29, 0.717) is 0 Å². The van der Waals surface area contributed by atoms with Gasteiger partial charge in [-0.05, 0) is 44.7 Å². The molecule has 0 saturated carbocycles. The molecule has 3 rings (SSSR count). The molecule has 0 amide bonds. The van der Waals surface area contributed by atoms with Crippen molar-refractivity contribution in [3.05, 3.63) is 23.7 Å². The lowest BCUT2D eigenvalue weighted by molar-refractivity contribution is -0.152. The molecule has 2 atom stereocenters. The molecular formula is C16H23NO3. The first-order chi connectivity index (χ1) is 9.69. The number of rotatable bonds is 4. The first kappa shape index (κ1) is 13.7. The molecule has 20 heavy (non-hydrogen) atoms. The summed E-state index contributed by atoms with van der Waals surface area (Å²) in [5, 5.41) is 9.83. The number of aliphatic carboxylic acids is 1. The normalized spacial score (nSPS) is 30.4. The van der Waals surface area contributed by atoms with Crippen molar-refractivity contribution in [1.82, 2.24) is 4.90 Å². The summed E-state index contributed by atoms with van der Waals surface area (Å²) in [6.07, 6.45) is 8.28. The molecule has 1 aromatic heterocycles. The largest absolute Gasteiger partial charge is 0.480 e. The highest BCUT2D eigenvalue weighted by Crippen LogP contribution is 2.44. The lowest BCUT2D eigenvalue weighted by Gasteiger charge is -2.41. The predicted octanol–water partition coefficient (Wildman–Crippen LogP) is 3.38. The number of hydrogen-bond acceptors (Lipinski definition) is 3. The van der Waals surface area contributed by atoms with Crippen LogP contribution in [0.4, 0.5) is 0 Å². The van der Waals surface area contributed by atoms with Crippen molar-refractivity contribution < 1.29 is 14.3 Å². The standard InChI is InChI=1S/C16H23NO3/c1-2-8-16(15(18)19)9-4-10-17(16)13-5-3-6-14-12(13)7-11-20-14/h7,11,13H,2-6,8-10H2,1H3,(H,18,19). The van der Waals surface area contributed by atoms with E-state index >= 15 is 0 Å². The maximum absolute atomic E-state index is 12.0. The summed E-state index contributed by atoms with van der Waals surface area (Å²) < 4.78 is 5.56. The molecule has 1 N–H and O–H groups in total. The van der Waals surface area contributed by atoms with Crippen LogP contribution in [-0.4, -0.2) is 28.1 Å². The van der Waals surface area contributed by atoms with Crippen molar-refractivity contribution in [2.24, 2.45) is 0 Å². The number of carboxylic acids is 1. The van der Waals surface area contributed by atoms with E-state index in [1.807, 2.05) is 6.07 Å². The van der Waals surface area contributed by atoms with Crippen LogP contribution >= 0.6 is 0 Å². The van der Waals surface area contributed by atoms with Crippen molar-refractivity contribution in [2.45, 2.75) is 63.5 Å². The van der Waals surface area contributed by atoms with Crippen molar-refractivity contribution in [3.63, 3.8) is 0 Å². The second-order valence-corrected chi connectivity index (χ2v) is 6.09. The van der Waals surface area contributed by atoms with E-state index in [9.17, 15) is 9.90 Å². The number of fused-ring (bicyclic) bond motifs is 1. The molecule has 0 spiro atoms. The van der Waals surface area contributed by atoms with Gasteiger partial charge in [0, 0.05) is 18.0 Å². The van der Waals surface area contributed by atoms with Gasteiger partial charge in [0.25, 0.3) is 0 Å². The van der Waals surface area contributed by atoms with E-state index in [-0.39, 0.29) is 6.04 Å². The number of carboxylic acid groups (broad SMARTS) is 1. The monoisotopic (exact) mass is 277 g/mol. The molecule has 1 aromatic rings. The van der Waals surface area contributed by atoms with Gasteiger partial charge in [-0.2, -0.15) is 0 Å². The Morgan fingerprint density at radius 1 is 1.55 bits per heavy atom. The summed E-state index contributed by atoms with van der Waals surface area (Å²) in [5.74, 6) is 0.413. The van der Waals surface area contributed by atoms with E-state index < -0.39 is 11.5 Å². The van der Waals surface area contributed by atoms with Gasteiger partial charge in [0.2, 0.25) is 0 Å². The van der Waals surface area contributed by atoms with Gasteiger partial charge >= 0.3 is 5.97 Å². The molecule has 2 unspecified atom stereocenters. The smallest absolute Gasteiger partial charge is 0.324 e. The summed E-state index contributed by atoms with van der Waals surface area (Å²) in [5.41, 5.74) is 0.561. The van der Waals surface area contributed by atoms with E-state index in [1.165, 1.54) is 5.56 Å². The minimum absolute atomic E-state index is 0.225. The Hall–Kier alpha value is -1.29. The number of furan rings is 1. The molecule has 2 heterocycles. The zero-order valence-electron chi connectivity index (χ0n) is 12.1. The maximum atomic E-state index is 12.0. The Morgan fingerprint density at radius 3 is 3.15 bits per heavy atom. The minimum atomic E-state index is -0.661. The second-order valence-electron chi connectivity index (χ2n) is 6.09. The molecule has 110 valence electrons. The Balaban J connectivity index is 1.95. The van der Waals surface area contributed by atoms with Crippen molar-refractivity contribution >= 4 is 5.97 Å². The quantitative estimate of drug-likeness (QED) is 0.916. The van der Waals surface area contributed by atoms with Crippen LogP contribution in [0.2, 0.25) is 0 Å². The predicted molar refractivity (Wildman–Crippen MR) is 75.6 cm³/mol. The molecule has 1 aliphatic carbocycles. The maximum Gasteiger partial charge on any atom is 0.324 e. The first-order valence-corrected chi connectivity index (χ1v) is 7.75. The molecule has 0 radical (unpaired) electrons. The van der Waals surface area contributed by atoms with Crippen LogP contribution in [0.1, 0.15) is 62.8 Å². The molecule has 1 saturated heterocycles. The minimum Gasteiger partial charge on any atom is -0.480 e. The Bertz CT molecular complexity index is 496. The number of likely N-dealkylation sites (tertiary alicyclic amines) is 1. The van der Waals surface area contributed by atoms with Crippen LogP contribution in [0, 0.1) is 0 Å². The van der Waals surface area contributed by atoms with Crippen molar-refractivity contribution in [2.75, 3.05) is 6.54 Å². The summed E-state index contributed by atoms with van der Waals surface area (Å²) in [7, 11) is 0. The van der Waals surface area contributed by atoms with Gasteiger partial charge in [0.05, 0.1) is 6.26 Å². The van der Waals surface area contributed by atoms with Gasteiger partial charge < -0.3 is 9.52 Å². The number of carbonyl (C=O) groups is 1. The van der Waals surface area contributed by atoms with Gasteiger partial charge in [0.15, 0.2) is 0 Å². The lowest BCUT2D eigenvalue weighted by Crippen LogP contribution is -2.52. The van der Waals surface area contributed by atoms with Gasteiger partial charge in [0.1, 0.15) is 11.3 Å². The molecular weight excluding hydrogens is 254 g/mol. The fraction of sp³-hybridized carbons (Fsp3) is 0.688. The van der Waals surface area contributed by atoms with Crippen LogP contribution in [0.5, 0.6) is 0 Å². The highest BCUT2D eigenvalue weighted by atomic mass is 16.4. The number of nitrogens with zero attached hydrogens (tertiary/aromatic N) is 1. The molecule has 2 aliphatic rings. The van der Waals surface area contributed by atoms with Crippen molar-refractivity contribution in [3.8, 4) is 0 Å². The molecule has 1 fully saturated rings. The average Bonchev–Trinajstić information content (AvgIpc) is 3.05. The van der Waals surface area contributed by atoms with E-state index in [0.717, 1.165) is 57.3 Å². The number of aryl methyl sites for hydroxylation is 1. The van der Waals surface area contributed by atoms with Crippen LogP contribution in [0.25, 0.3) is 0 Å². The highest BCUT2D eigenvalue weighted by molar-refractivity contribution is 5.79. The summed E-state index contributed by atoms with van der Waals surface area (Å²) in [6.45, 7) is 2.97. The van der Waals surface area contributed by atoms with Gasteiger partial charge in [-0.3, -0.25) is 9.69 Å². The Labute approximate surface area is 119 Å². The molecule has 4 nitrogen and oxygen atoms in total. The molecule has 0 aromatic carbocycles. The summed E-state index contributed by atoms with van der Waals surface area (Å²) >= 11 is 0. The van der Waals surface area contributed by atoms with Crippen molar-refractivity contribution in [1.29, 1.82) is 0 Å². The van der Waals surface area contributed by atoms with Gasteiger partial charge in [-0.15, -0.1) is 0 Å². The third-order valence-corrected chi connectivity index (χ3v) is 5.00. The second kappa shape index (κ2) is 5.24. The van der Waals surface area contributed by atoms with E-state index in [2.05, 4.69) is 11.8 Å². The topological polar surface area (TPSA) is 53.7 Å². The van der Waals surface area contributed by atoms with Crippen LogP contribution in [-0.2, 0) is 11.2 Å². The zero-order valence-corrected chi connectivity index (χ0v) is 12.1. The Kier molecular flexibility index (Phi) is 3.59. The fourth-order valence-electron chi connectivity index (χ4n) is 4.16. The van der Waals surface area contributed by atoms with Crippen LogP contribution < -0.4 is 0 Å². The molecule has 4 heteroatoms. The molecule has 0 bridgehead atoms. The van der Waals surface area contributed by atoms with Crippen LogP contribution in [0.3, 0.4) is 0 Å². The third kappa shape index (κ3) is 1.97. The summed E-state index contributed by atoms with van der Waals surface area (Å²) in [4.78, 5) is 14.2. The average molecular weight is 277 g/mol. The lowest BCUT2D eigenvalue weighted by atomic mass is 9.85. The first-order valence-electron chi connectivity index (χ1n) is 7.75. The molecule has 1 aliphatic heterocycles. The third-order valence-electron chi connectivity index (χ3n) is 5.00. The Morgan fingerprint density at radius 2 is 2.40 bits per heavy atom. The zero-order chi connectivity index (χ0) is 14.2. The van der Waals surface area contributed by atoms with Crippen LogP contribution in [0.15, 0.2) is 16.7 Å². The van der Waals surface area contributed by atoms with Gasteiger partial charge in [-0.25, -0.2) is 0 Å². The summed E-state index contributed by atoms with van der Waals surface area (Å²) in [6, 6.07) is 2.26. The SMILES string of the molecule is CCCC1(C(=O)O)CCCN1C1CCCc2occc21.